The van der Waals surface area contributed by atoms with Crippen LogP contribution in [0.2, 0.25) is 0 Å². The molecule has 0 bridgehead atoms. The number of amides is 3. The molecular formula is C20H23N3O4. The van der Waals surface area contributed by atoms with E-state index in [1.54, 1.807) is 31.4 Å². The number of nitrogens with one attached hydrogen (secondary N) is 2. The SMILES string of the molecule is COc1ccccc1CN(CC(=O)Nc1ccc(NC(C)=O)cc1)C(C)=O. The molecule has 0 aliphatic carbocycles. The van der Waals surface area contributed by atoms with E-state index in [1.165, 1.54) is 18.7 Å². The van der Waals surface area contributed by atoms with Crippen molar-refractivity contribution in [3.63, 3.8) is 0 Å². The van der Waals surface area contributed by atoms with Gasteiger partial charge in [0.25, 0.3) is 0 Å². The van der Waals surface area contributed by atoms with E-state index in [2.05, 4.69) is 10.6 Å². The lowest BCUT2D eigenvalue weighted by molar-refractivity contribution is -0.133. The number of hydrogen-bond donors (Lipinski definition) is 2. The third-order valence-electron chi connectivity index (χ3n) is 3.82. The van der Waals surface area contributed by atoms with Gasteiger partial charge in [0.05, 0.1) is 7.11 Å². The number of carbonyl (C=O) groups excluding carboxylic acids is 3. The summed E-state index contributed by atoms with van der Waals surface area (Å²) in [5.41, 5.74) is 2.04. The van der Waals surface area contributed by atoms with E-state index in [0.29, 0.717) is 17.1 Å². The lowest BCUT2D eigenvalue weighted by atomic mass is 10.2. The highest BCUT2D eigenvalue weighted by molar-refractivity contribution is 5.95. The maximum Gasteiger partial charge on any atom is 0.244 e. The molecule has 7 heteroatoms. The average molecular weight is 369 g/mol. The first kappa shape index (κ1) is 20.0. The van der Waals surface area contributed by atoms with Gasteiger partial charge >= 0.3 is 0 Å². The second kappa shape index (κ2) is 9.38. The third-order valence-corrected chi connectivity index (χ3v) is 3.82. The Bertz CT molecular complexity index is 818. The number of nitrogens with zero attached hydrogens (tertiary/aromatic N) is 1. The topological polar surface area (TPSA) is 87.7 Å². The van der Waals surface area contributed by atoms with Crippen LogP contribution in [0.25, 0.3) is 0 Å². The van der Waals surface area contributed by atoms with Gasteiger partial charge in [0, 0.05) is 37.3 Å². The number of hydrogen-bond acceptors (Lipinski definition) is 4. The van der Waals surface area contributed by atoms with Gasteiger partial charge in [-0.2, -0.15) is 0 Å². The molecule has 7 nitrogen and oxygen atoms in total. The van der Waals surface area contributed by atoms with Crippen molar-refractivity contribution >= 4 is 29.1 Å². The molecule has 0 radical (unpaired) electrons. The fourth-order valence-electron chi connectivity index (χ4n) is 2.53. The van der Waals surface area contributed by atoms with Crippen LogP contribution in [-0.4, -0.2) is 36.3 Å². The van der Waals surface area contributed by atoms with Crippen LogP contribution in [0, 0.1) is 0 Å². The Morgan fingerprint density at radius 1 is 0.926 bits per heavy atom. The molecule has 0 fully saturated rings. The van der Waals surface area contributed by atoms with E-state index >= 15 is 0 Å². The van der Waals surface area contributed by atoms with Gasteiger partial charge in [-0.25, -0.2) is 0 Å². The molecule has 2 aromatic carbocycles. The number of para-hydroxylation sites is 1. The minimum absolute atomic E-state index is 0.0825. The van der Waals surface area contributed by atoms with Gasteiger partial charge in [0.15, 0.2) is 0 Å². The highest BCUT2D eigenvalue weighted by atomic mass is 16.5. The van der Waals surface area contributed by atoms with E-state index in [9.17, 15) is 14.4 Å². The van der Waals surface area contributed by atoms with Crippen LogP contribution in [-0.2, 0) is 20.9 Å². The monoisotopic (exact) mass is 369 g/mol. The summed E-state index contributed by atoms with van der Waals surface area (Å²) in [6.07, 6.45) is 0. The van der Waals surface area contributed by atoms with Crippen LogP contribution >= 0.6 is 0 Å². The van der Waals surface area contributed by atoms with E-state index in [1.807, 2.05) is 24.3 Å². The largest absolute Gasteiger partial charge is 0.496 e. The molecular weight excluding hydrogens is 346 g/mol. The maximum atomic E-state index is 12.3. The molecule has 2 rings (SSSR count). The second-order valence-corrected chi connectivity index (χ2v) is 5.99. The van der Waals surface area contributed by atoms with Gasteiger partial charge in [-0.3, -0.25) is 14.4 Å². The number of benzene rings is 2. The zero-order chi connectivity index (χ0) is 19.8. The number of ether oxygens (including phenoxy) is 1. The van der Waals surface area contributed by atoms with E-state index in [4.69, 9.17) is 4.74 Å². The smallest absolute Gasteiger partial charge is 0.244 e. The van der Waals surface area contributed by atoms with Crippen LogP contribution in [0.15, 0.2) is 48.5 Å². The standard InChI is InChI=1S/C20H23N3O4/c1-14(24)21-17-8-10-18(11-9-17)22-20(26)13-23(15(2)25)12-16-6-4-5-7-19(16)27-3/h4-11H,12-13H2,1-3H3,(H,21,24)(H,22,26). The number of rotatable bonds is 7. The first-order valence-electron chi connectivity index (χ1n) is 8.44. The zero-order valence-corrected chi connectivity index (χ0v) is 15.6. The summed E-state index contributed by atoms with van der Waals surface area (Å²) in [6, 6.07) is 14.1. The van der Waals surface area contributed by atoms with Gasteiger partial charge < -0.3 is 20.3 Å². The summed E-state index contributed by atoms with van der Waals surface area (Å²) in [5, 5.41) is 5.40. The summed E-state index contributed by atoms with van der Waals surface area (Å²) >= 11 is 0. The Morgan fingerprint density at radius 2 is 1.52 bits per heavy atom. The number of carbonyl (C=O) groups is 3. The lowest BCUT2D eigenvalue weighted by Crippen LogP contribution is -2.36. The molecule has 0 aliphatic heterocycles. The fourth-order valence-corrected chi connectivity index (χ4v) is 2.53. The summed E-state index contributed by atoms with van der Waals surface area (Å²) in [6.45, 7) is 3.04. The predicted octanol–water partition coefficient (Wildman–Crippen LogP) is 2.64. The Balaban J connectivity index is 2.00. The highest BCUT2D eigenvalue weighted by Gasteiger charge is 2.16. The summed E-state index contributed by atoms with van der Waals surface area (Å²) in [4.78, 5) is 36.7. The Kier molecular flexibility index (Phi) is 6.93. The minimum Gasteiger partial charge on any atom is -0.496 e. The van der Waals surface area contributed by atoms with E-state index < -0.39 is 0 Å². The molecule has 27 heavy (non-hydrogen) atoms. The van der Waals surface area contributed by atoms with Gasteiger partial charge in [0.1, 0.15) is 12.3 Å². The summed E-state index contributed by atoms with van der Waals surface area (Å²) < 4.78 is 5.30. The first-order valence-corrected chi connectivity index (χ1v) is 8.44. The predicted molar refractivity (Wildman–Crippen MR) is 103 cm³/mol. The van der Waals surface area contributed by atoms with E-state index in [-0.39, 0.29) is 30.8 Å². The summed E-state index contributed by atoms with van der Waals surface area (Å²) in [5.74, 6) is -0.0256. The van der Waals surface area contributed by atoms with Crippen molar-refractivity contribution in [2.75, 3.05) is 24.3 Å². The summed E-state index contributed by atoms with van der Waals surface area (Å²) in [7, 11) is 1.56. The zero-order valence-electron chi connectivity index (χ0n) is 15.6. The molecule has 0 atom stereocenters. The number of methoxy groups -OCH3 is 1. The molecule has 0 spiro atoms. The molecule has 3 amide bonds. The van der Waals surface area contributed by atoms with Crippen LogP contribution in [0.3, 0.4) is 0 Å². The van der Waals surface area contributed by atoms with Crippen LogP contribution in [0.4, 0.5) is 11.4 Å². The maximum absolute atomic E-state index is 12.3. The van der Waals surface area contributed by atoms with Gasteiger partial charge in [-0.1, -0.05) is 18.2 Å². The quantitative estimate of drug-likeness (QED) is 0.785. The fraction of sp³-hybridized carbons (Fsp3) is 0.250. The molecule has 0 saturated heterocycles. The van der Waals surface area contributed by atoms with Gasteiger partial charge in [-0.15, -0.1) is 0 Å². The Morgan fingerprint density at radius 3 is 2.07 bits per heavy atom. The normalized spacial score (nSPS) is 10.0. The van der Waals surface area contributed by atoms with Crippen LogP contribution < -0.4 is 15.4 Å². The van der Waals surface area contributed by atoms with Crippen molar-refractivity contribution in [2.45, 2.75) is 20.4 Å². The Hall–Kier alpha value is -3.35. The van der Waals surface area contributed by atoms with Crippen LogP contribution in [0.5, 0.6) is 5.75 Å². The second-order valence-electron chi connectivity index (χ2n) is 5.99. The first-order chi connectivity index (χ1) is 12.9. The average Bonchev–Trinajstić information content (AvgIpc) is 2.62. The van der Waals surface area contributed by atoms with Crippen LogP contribution in [0.1, 0.15) is 19.4 Å². The van der Waals surface area contributed by atoms with Crippen molar-refractivity contribution in [1.29, 1.82) is 0 Å². The molecule has 0 aliphatic rings. The minimum atomic E-state index is -0.313. The van der Waals surface area contributed by atoms with Gasteiger partial charge in [0.2, 0.25) is 17.7 Å². The molecule has 142 valence electrons. The van der Waals surface area contributed by atoms with Crippen molar-refractivity contribution in [1.82, 2.24) is 4.90 Å². The lowest BCUT2D eigenvalue weighted by Gasteiger charge is -2.21. The third kappa shape index (κ3) is 6.14. The van der Waals surface area contributed by atoms with Crippen molar-refractivity contribution in [2.24, 2.45) is 0 Å². The molecule has 0 saturated carbocycles. The number of anilines is 2. The van der Waals surface area contributed by atoms with E-state index in [0.717, 1.165) is 5.56 Å². The molecule has 0 unspecified atom stereocenters. The van der Waals surface area contributed by atoms with Crippen molar-refractivity contribution in [3.05, 3.63) is 54.1 Å². The van der Waals surface area contributed by atoms with Crippen molar-refractivity contribution in [3.8, 4) is 5.75 Å². The van der Waals surface area contributed by atoms with Gasteiger partial charge in [-0.05, 0) is 30.3 Å². The van der Waals surface area contributed by atoms with Crippen molar-refractivity contribution < 1.29 is 19.1 Å². The highest BCUT2D eigenvalue weighted by Crippen LogP contribution is 2.19. The molecule has 0 aromatic heterocycles. The Labute approximate surface area is 158 Å². The molecule has 2 N–H and O–H groups in total. The molecule has 2 aromatic rings. The molecule has 0 heterocycles.